The van der Waals surface area contributed by atoms with Gasteiger partial charge in [0.1, 0.15) is 5.66 Å². The smallest absolute Gasteiger partial charge is 0.104 e. The highest BCUT2D eigenvalue weighted by atomic mass is 15.2. The van der Waals surface area contributed by atoms with Crippen LogP contribution in [-0.2, 0) is 0 Å². The zero-order valence-corrected chi connectivity index (χ0v) is 7.02. The van der Waals surface area contributed by atoms with Crippen LogP contribution in [0.2, 0.25) is 0 Å². The number of hydrogen-bond donors (Lipinski definition) is 1. The highest BCUT2D eigenvalue weighted by Gasteiger charge is 2.21. The summed E-state index contributed by atoms with van der Waals surface area (Å²) in [6.45, 7) is 6.41. The molecular formula is C8H16N2. The molecule has 0 saturated carbocycles. The first-order valence-electron chi connectivity index (χ1n) is 3.95. The van der Waals surface area contributed by atoms with Crippen molar-refractivity contribution in [3.63, 3.8) is 0 Å². The molecule has 58 valence electrons. The van der Waals surface area contributed by atoms with Crippen LogP contribution >= 0.6 is 0 Å². The van der Waals surface area contributed by atoms with Gasteiger partial charge in [-0.05, 0) is 26.7 Å². The highest BCUT2D eigenvalue weighted by molar-refractivity contribution is 5.59. The fraction of sp³-hybridized carbons (Fsp3) is 0.875. The molecular weight excluding hydrogens is 124 g/mol. The molecule has 1 rings (SSSR count). The molecule has 0 spiro atoms. The van der Waals surface area contributed by atoms with E-state index in [2.05, 4.69) is 31.1 Å². The topological polar surface area (TPSA) is 24.4 Å². The molecule has 0 aromatic carbocycles. The fourth-order valence-corrected chi connectivity index (χ4v) is 1.27. The SMILES string of the molecule is CCC1CC=NC(C)(C)N1. The van der Waals surface area contributed by atoms with Gasteiger partial charge in [0, 0.05) is 12.3 Å². The lowest BCUT2D eigenvalue weighted by Gasteiger charge is -2.31. The van der Waals surface area contributed by atoms with Crippen LogP contribution in [0.25, 0.3) is 0 Å². The van der Waals surface area contributed by atoms with Crippen LogP contribution in [0.4, 0.5) is 0 Å². The summed E-state index contributed by atoms with van der Waals surface area (Å²) in [5.74, 6) is 0. The van der Waals surface area contributed by atoms with Gasteiger partial charge in [-0.25, -0.2) is 0 Å². The lowest BCUT2D eigenvalue weighted by Crippen LogP contribution is -2.47. The first-order valence-corrected chi connectivity index (χ1v) is 3.95. The molecule has 2 nitrogen and oxygen atoms in total. The summed E-state index contributed by atoms with van der Waals surface area (Å²) in [6, 6.07) is 0.632. The maximum Gasteiger partial charge on any atom is 0.104 e. The van der Waals surface area contributed by atoms with Crippen LogP contribution in [0.5, 0.6) is 0 Å². The molecule has 2 heteroatoms. The summed E-state index contributed by atoms with van der Waals surface area (Å²) < 4.78 is 0. The van der Waals surface area contributed by atoms with Crippen molar-refractivity contribution in [1.82, 2.24) is 5.32 Å². The van der Waals surface area contributed by atoms with E-state index in [0.29, 0.717) is 6.04 Å². The average molecular weight is 140 g/mol. The Kier molecular flexibility index (Phi) is 2.09. The largest absolute Gasteiger partial charge is 0.291 e. The molecule has 1 N–H and O–H groups in total. The van der Waals surface area contributed by atoms with Crippen molar-refractivity contribution in [2.45, 2.75) is 45.3 Å². The van der Waals surface area contributed by atoms with Gasteiger partial charge >= 0.3 is 0 Å². The van der Waals surface area contributed by atoms with Crippen molar-refractivity contribution < 1.29 is 0 Å². The Balaban J connectivity index is 2.54. The summed E-state index contributed by atoms with van der Waals surface area (Å²) in [7, 11) is 0. The second-order valence-electron chi connectivity index (χ2n) is 3.36. The standard InChI is InChI=1S/C8H16N2/c1-4-7-5-6-9-8(2,3)10-7/h6-7,10H,4-5H2,1-3H3. The van der Waals surface area contributed by atoms with Gasteiger partial charge in [0.15, 0.2) is 0 Å². The number of rotatable bonds is 1. The van der Waals surface area contributed by atoms with Gasteiger partial charge in [-0.2, -0.15) is 0 Å². The first-order chi connectivity index (χ1) is 4.64. The Bertz CT molecular complexity index is 138. The molecule has 1 aliphatic heterocycles. The van der Waals surface area contributed by atoms with Crippen molar-refractivity contribution in [2.75, 3.05) is 0 Å². The third-order valence-corrected chi connectivity index (χ3v) is 1.85. The van der Waals surface area contributed by atoms with Gasteiger partial charge in [0.25, 0.3) is 0 Å². The summed E-state index contributed by atoms with van der Waals surface area (Å²) in [5, 5.41) is 3.44. The Morgan fingerprint density at radius 2 is 2.40 bits per heavy atom. The minimum absolute atomic E-state index is 0.0288. The molecule has 0 radical (unpaired) electrons. The Morgan fingerprint density at radius 3 is 2.80 bits per heavy atom. The summed E-state index contributed by atoms with van der Waals surface area (Å²) >= 11 is 0. The molecule has 0 amide bonds. The van der Waals surface area contributed by atoms with Crippen LogP contribution in [0.15, 0.2) is 4.99 Å². The normalized spacial score (nSPS) is 30.5. The molecule has 1 aliphatic rings. The Labute approximate surface area is 62.7 Å². The third kappa shape index (κ3) is 1.81. The van der Waals surface area contributed by atoms with Crippen LogP contribution in [0.1, 0.15) is 33.6 Å². The zero-order valence-electron chi connectivity index (χ0n) is 7.02. The highest BCUT2D eigenvalue weighted by Crippen LogP contribution is 2.12. The van der Waals surface area contributed by atoms with Gasteiger partial charge in [0.05, 0.1) is 0 Å². The zero-order chi connectivity index (χ0) is 7.61. The van der Waals surface area contributed by atoms with E-state index >= 15 is 0 Å². The lowest BCUT2D eigenvalue weighted by atomic mass is 10.1. The van der Waals surface area contributed by atoms with Crippen LogP contribution in [0.3, 0.4) is 0 Å². The molecule has 0 aromatic rings. The van der Waals surface area contributed by atoms with E-state index < -0.39 is 0 Å². The number of nitrogens with zero attached hydrogens (tertiary/aromatic N) is 1. The van der Waals surface area contributed by atoms with Crippen molar-refractivity contribution >= 4 is 6.21 Å². The number of aliphatic imine (C=N–C) groups is 1. The van der Waals surface area contributed by atoms with Gasteiger partial charge < -0.3 is 0 Å². The minimum Gasteiger partial charge on any atom is -0.291 e. The quantitative estimate of drug-likeness (QED) is 0.587. The molecule has 1 atom stereocenters. The minimum atomic E-state index is -0.0288. The molecule has 1 unspecified atom stereocenters. The number of hydrogen-bond acceptors (Lipinski definition) is 2. The maximum absolute atomic E-state index is 4.32. The predicted octanol–water partition coefficient (Wildman–Crippen LogP) is 1.57. The predicted molar refractivity (Wildman–Crippen MR) is 44.4 cm³/mol. The monoisotopic (exact) mass is 140 g/mol. The van der Waals surface area contributed by atoms with Crippen molar-refractivity contribution in [3.05, 3.63) is 0 Å². The fourth-order valence-electron chi connectivity index (χ4n) is 1.27. The Morgan fingerprint density at radius 1 is 1.70 bits per heavy atom. The molecule has 0 aliphatic carbocycles. The molecule has 0 bridgehead atoms. The second-order valence-corrected chi connectivity index (χ2v) is 3.36. The Hall–Kier alpha value is -0.370. The summed E-state index contributed by atoms with van der Waals surface area (Å²) in [4.78, 5) is 4.32. The van der Waals surface area contributed by atoms with Crippen molar-refractivity contribution in [2.24, 2.45) is 4.99 Å². The van der Waals surface area contributed by atoms with Crippen LogP contribution < -0.4 is 5.32 Å². The molecule has 0 saturated heterocycles. The van der Waals surface area contributed by atoms with E-state index in [-0.39, 0.29) is 5.66 Å². The molecule has 1 heterocycles. The third-order valence-electron chi connectivity index (χ3n) is 1.85. The van der Waals surface area contributed by atoms with Gasteiger partial charge in [-0.15, -0.1) is 0 Å². The van der Waals surface area contributed by atoms with Crippen LogP contribution in [0, 0.1) is 0 Å². The van der Waals surface area contributed by atoms with E-state index in [1.165, 1.54) is 6.42 Å². The molecule has 10 heavy (non-hydrogen) atoms. The molecule has 0 fully saturated rings. The maximum atomic E-state index is 4.32. The number of nitrogens with one attached hydrogen (secondary N) is 1. The summed E-state index contributed by atoms with van der Waals surface area (Å²) in [5.41, 5.74) is -0.0288. The van der Waals surface area contributed by atoms with E-state index in [1.54, 1.807) is 0 Å². The first kappa shape index (κ1) is 7.73. The van der Waals surface area contributed by atoms with Gasteiger partial charge in [0.2, 0.25) is 0 Å². The van der Waals surface area contributed by atoms with E-state index in [0.717, 1.165) is 6.42 Å². The van der Waals surface area contributed by atoms with Gasteiger partial charge in [-0.1, -0.05) is 6.92 Å². The van der Waals surface area contributed by atoms with Crippen molar-refractivity contribution in [3.8, 4) is 0 Å². The average Bonchev–Trinajstić information content (AvgIpc) is 1.86. The second kappa shape index (κ2) is 2.70. The van der Waals surface area contributed by atoms with E-state index in [9.17, 15) is 0 Å². The van der Waals surface area contributed by atoms with E-state index in [1.807, 2.05) is 6.21 Å². The summed E-state index contributed by atoms with van der Waals surface area (Å²) in [6.07, 6.45) is 4.31. The molecule has 0 aromatic heterocycles. The van der Waals surface area contributed by atoms with E-state index in [4.69, 9.17) is 0 Å². The van der Waals surface area contributed by atoms with Crippen molar-refractivity contribution in [1.29, 1.82) is 0 Å². The van der Waals surface area contributed by atoms with Crippen LogP contribution in [-0.4, -0.2) is 17.9 Å². The van der Waals surface area contributed by atoms with Gasteiger partial charge in [-0.3, -0.25) is 10.3 Å². The lowest BCUT2D eigenvalue weighted by molar-refractivity contribution is 0.328.